The summed E-state index contributed by atoms with van der Waals surface area (Å²) in [6.07, 6.45) is 4.75. The number of nitrogens with one attached hydrogen (secondary N) is 2. The Morgan fingerprint density at radius 3 is 2.63 bits per heavy atom. The summed E-state index contributed by atoms with van der Waals surface area (Å²) < 4.78 is 5.82. The third-order valence-electron chi connectivity index (χ3n) is 8.68. The van der Waals surface area contributed by atoms with Crippen LogP contribution in [0.3, 0.4) is 0 Å². The quantitative estimate of drug-likeness (QED) is 0.237. The van der Waals surface area contributed by atoms with Gasteiger partial charge in [-0.3, -0.25) is 9.59 Å². The number of fused-ring (bicyclic) bond motifs is 2. The van der Waals surface area contributed by atoms with E-state index in [1.54, 1.807) is 24.1 Å². The van der Waals surface area contributed by atoms with E-state index in [1.807, 2.05) is 12.1 Å². The molecule has 2 unspecified atom stereocenters. The first kappa shape index (κ1) is 29.1. The molecule has 2 aliphatic rings. The molecule has 1 amide bonds. The number of phenols is 1. The van der Waals surface area contributed by atoms with Crippen LogP contribution in [0.5, 0.6) is 11.5 Å². The molecule has 0 bridgehead atoms. The Hall–Kier alpha value is -3.40. The van der Waals surface area contributed by atoms with Crippen molar-refractivity contribution in [3.63, 3.8) is 0 Å². The summed E-state index contributed by atoms with van der Waals surface area (Å²) in [5.41, 5.74) is 1.90. The highest BCUT2D eigenvalue weighted by Gasteiger charge is 2.35. The van der Waals surface area contributed by atoms with Gasteiger partial charge in [0, 0.05) is 57.8 Å². The third-order valence-corrected chi connectivity index (χ3v) is 8.68. The van der Waals surface area contributed by atoms with Crippen LogP contribution in [-0.4, -0.2) is 83.8 Å². The highest BCUT2D eigenvalue weighted by molar-refractivity contribution is 5.87. The average molecular weight is 563 g/mol. The molecule has 1 aliphatic heterocycles. The minimum absolute atomic E-state index is 0.00664. The van der Waals surface area contributed by atoms with Crippen LogP contribution in [0.4, 0.5) is 0 Å². The molecular weight excluding hydrogens is 520 g/mol. The van der Waals surface area contributed by atoms with Crippen molar-refractivity contribution in [3.8, 4) is 11.5 Å². The lowest BCUT2D eigenvalue weighted by Gasteiger charge is -2.19. The lowest BCUT2D eigenvalue weighted by molar-refractivity contribution is -0.130. The van der Waals surface area contributed by atoms with Gasteiger partial charge < -0.3 is 35.1 Å². The highest BCUT2D eigenvalue weighted by Crippen LogP contribution is 2.37. The van der Waals surface area contributed by atoms with E-state index in [9.17, 15) is 19.8 Å². The largest absolute Gasteiger partial charge is 0.506 e. The predicted molar refractivity (Wildman–Crippen MR) is 159 cm³/mol. The standard InChI is InChI=1S/C32H42N4O5/c1-35(17-15-33-19-29(38)26-9-11-28(37)32-27(26)10-12-30(39)34-32)31(40)14-18-41-25-7-5-22(6-8-25)13-16-36-20-23-3-2-4-24(23)21-36/h5-12,23-24,29,33,37-38H,2-4,13-21H2,1H3,(H,34,39)/t23?,24?,29-/m0/s1. The van der Waals surface area contributed by atoms with Gasteiger partial charge in [0.1, 0.15) is 11.5 Å². The number of hydrogen-bond acceptors (Lipinski definition) is 7. The zero-order chi connectivity index (χ0) is 28.8. The number of aromatic nitrogens is 1. The van der Waals surface area contributed by atoms with Crippen LogP contribution in [0.1, 0.15) is 42.9 Å². The minimum atomic E-state index is -0.843. The number of carbonyl (C=O) groups excluding carboxylic acids is 1. The summed E-state index contributed by atoms with van der Waals surface area (Å²) in [6, 6.07) is 14.3. The maximum Gasteiger partial charge on any atom is 0.248 e. The number of aliphatic hydroxyl groups excluding tert-OH is 1. The molecule has 3 aromatic rings. The van der Waals surface area contributed by atoms with Gasteiger partial charge in [0.15, 0.2) is 0 Å². The maximum absolute atomic E-state index is 12.5. The Labute approximate surface area is 241 Å². The van der Waals surface area contributed by atoms with Crippen molar-refractivity contribution in [2.75, 3.05) is 52.9 Å². The first-order valence-electron chi connectivity index (χ1n) is 14.8. The maximum atomic E-state index is 12.5. The van der Waals surface area contributed by atoms with Crippen LogP contribution < -0.4 is 15.6 Å². The number of hydrogen-bond donors (Lipinski definition) is 4. The number of benzene rings is 2. The number of nitrogens with zero attached hydrogens (tertiary/aromatic N) is 2. The van der Waals surface area contributed by atoms with E-state index in [2.05, 4.69) is 27.3 Å². The molecule has 1 saturated carbocycles. The van der Waals surface area contributed by atoms with E-state index in [0.29, 0.717) is 36.2 Å². The Bertz CT molecular complexity index is 1360. The molecule has 220 valence electrons. The van der Waals surface area contributed by atoms with Crippen molar-refractivity contribution >= 4 is 16.8 Å². The summed E-state index contributed by atoms with van der Waals surface area (Å²) in [4.78, 5) is 31.0. The number of likely N-dealkylation sites (tertiary alicyclic amines) is 1. The van der Waals surface area contributed by atoms with Gasteiger partial charge >= 0.3 is 0 Å². The van der Waals surface area contributed by atoms with E-state index in [-0.39, 0.29) is 30.2 Å². The summed E-state index contributed by atoms with van der Waals surface area (Å²) in [5.74, 6) is 2.60. The molecule has 9 nitrogen and oxygen atoms in total. The van der Waals surface area contributed by atoms with Crippen molar-refractivity contribution in [2.24, 2.45) is 11.8 Å². The first-order valence-corrected chi connectivity index (χ1v) is 14.8. The van der Waals surface area contributed by atoms with Gasteiger partial charge in [-0.15, -0.1) is 0 Å². The number of carbonyl (C=O) groups is 1. The zero-order valence-corrected chi connectivity index (χ0v) is 23.8. The minimum Gasteiger partial charge on any atom is -0.506 e. The topological polar surface area (TPSA) is 118 Å². The Kier molecular flexibility index (Phi) is 9.59. The van der Waals surface area contributed by atoms with E-state index in [0.717, 1.165) is 30.6 Å². The molecule has 1 aromatic heterocycles. The van der Waals surface area contributed by atoms with Crippen LogP contribution in [0.25, 0.3) is 10.9 Å². The van der Waals surface area contributed by atoms with E-state index in [1.165, 1.54) is 50.0 Å². The number of H-pyrrole nitrogens is 1. The highest BCUT2D eigenvalue weighted by atomic mass is 16.5. The number of aliphatic hydroxyl groups is 1. The monoisotopic (exact) mass is 562 g/mol. The first-order chi connectivity index (χ1) is 19.9. The molecule has 5 rings (SSSR count). The predicted octanol–water partition coefficient (Wildman–Crippen LogP) is 3.06. The molecule has 0 spiro atoms. The zero-order valence-electron chi connectivity index (χ0n) is 23.8. The van der Waals surface area contributed by atoms with Crippen molar-refractivity contribution in [1.29, 1.82) is 0 Å². The second-order valence-corrected chi connectivity index (χ2v) is 11.5. The Morgan fingerprint density at radius 1 is 1.12 bits per heavy atom. The van der Waals surface area contributed by atoms with Crippen molar-refractivity contribution in [3.05, 3.63) is 70.0 Å². The van der Waals surface area contributed by atoms with Crippen LogP contribution >= 0.6 is 0 Å². The number of rotatable bonds is 13. The molecule has 41 heavy (non-hydrogen) atoms. The summed E-state index contributed by atoms with van der Waals surface area (Å²) in [5, 5.41) is 24.5. The molecule has 9 heteroatoms. The van der Waals surface area contributed by atoms with Crippen molar-refractivity contribution in [1.82, 2.24) is 20.1 Å². The molecule has 1 aliphatic carbocycles. The van der Waals surface area contributed by atoms with Crippen molar-refractivity contribution < 1.29 is 19.7 Å². The second kappa shape index (κ2) is 13.5. The number of pyridine rings is 1. The molecule has 1 saturated heterocycles. The summed E-state index contributed by atoms with van der Waals surface area (Å²) >= 11 is 0. The molecule has 0 radical (unpaired) electrons. The fourth-order valence-electron chi connectivity index (χ4n) is 6.27. The van der Waals surface area contributed by atoms with Gasteiger partial charge in [0.2, 0.25) is 11.5 Å². The normalized spacial score (nSPS) is 19.4. The average Bonchev–Trinajstić information content (AvgIpc) is 3.57. The summed E-state index contributed by atoms with van der Waals surface area (Å²) in [7, 11) is 1.76. The summed E-state index contributed by atoms with van der Waals surface area (Å²) in [6.45, 7) is 5.24. The molecule has 2 aromatic carbocycles. The van der Waals surface area contributed by atoms with E-state index < -0.39 is 6.10 Å². The lowest BCUT2D eigenvalue weighted by atomic mass is 10.0. The van der Waals surface area contributed by atoms with Gasteiger partial charge in [-0.1, -0.05) is 24.6 Å². The number of aromatic amines is 1. The number of ether oxygens (including phenoxy) is 1. The van der Waals surface area contributed by atoms with Gasteiger partial charge in [-0.05, 0) is 66.5 Å². The number of phenolic OH excluding ortho intramolecular Hbond substituents is 1. The van der Waals surface area contributed by atoms with Gasteiger partial charge in [0.05, 0.1) is 24.6 Å². The van der Waals surface area contributed by atoms with Gasteiger partial charge in [-0.25, -0.2) is 0 Å². The number of amides is 1. The smallest absolute Gasteiger partial charge is 0.248 e. The second-order valence-electron chi connectivity index (χ2n) is 11.5. The molecular formula is C32H42N4O5. The van der Waals surface area contributed by atoms with Crippen LogP contribution in [0, 0.1) is 11.8 Å². The molecule has 4 N–H and O–H groups in total. The van der Waals surface area contributed by atoms with Crippen LogP contribution in [-0.2, 0) is 11.2 Å². The van der Waals surface area contributed by atoms with E-state index in [4.69, 9.17) is 4.74 Å². The fraction of sp³-hybridized carbons (Fsp3) is 0.500. The van der Waals surface area contributed by atoms with Gasteiger partial charge in [-0.2, -0.15) is 0 Å². The molecule has 2 heterocycles. The van der Waals surface area contributed by atoms with Crippen LogP contribution in [0.15, 0.2) is 53.3 Å². The molecule has 3 atom stereocenters. The fourth-order valence-corrected chi connectivity index (χ4v) is 6.27. The molecule has 2 fully saturated rings. The Morgan fingerprint density at radius 2 is 1.88 bits per heavy atom. The van der Waals surface area contributed by atoms with E-state index >= 15 is 0 Å². The van der Waals surface area contributed by atoms with Crippen molar-refractivity contribution in [2.45, 2.75) is 38.2 Å². The Balaban J connectivity index is 0.970. The third kappa shape index (κ3) is 7.47. The van der Waals surface area contributed by atoms with Gasteiger partial charge in [0.25, 0.3) is 0 Å². The number of aromatic hydroxyl groups is 1. The lowest BCUT2D eigenvalue weighted by Crippen LogP contribution is -2.35. The number of likely N-dealkylation sites (N-methyl/N-ethyl adjacent to an activating group) is 1. The SMILES string of the molecule is CN(CCNC[C@H](O)c1ccc(O)c2[nH]c(=O)ccc12)C(=O)CCOc1ccc(CCN2CC3CCCC3C2)cc1. The van der Waals surface area contributed by atoms with Crippen LogP contribution in [0.2, 0.25) is 0 Å².